The van der Waals surface area contributed by atoms with Crippen LogP contribution in [0.15, 0.2) is 22.9 Å². The zero-order valence-electron chi connectivity index (χ0n) is 13.4. The quantitative estimate of drug-likeness (QED) is 0.853. The molecule has 0 amide bonds. The fourth-order valence-corrected chi connectivity index (χ4v) is 2.57. The summed E-state index contributed by atoms with van der Waals surface area (Å²) in [4.78, 5) is 13.0. The molecular formula is C15H21N5O2. The van der Waals surface area contributed by atoms with Gasteiger partial charge < -0.3 is 19.1 Å². The molecule has 0 unspecified atom stereocenters. The van der Waals surface area contributed by atoms with Gasteiger partial charge in [0.2, 0.25) is 5.82 Å². The third kappa shape index (κ3) is 3.10. The third-order valence-corrected chi connectivity index (χ3v) is 3.62. The lowest BCUT2D eigenvalue weighted by molar-refractivity contribution is -0.0838. The molecule has 0 saturated carbocycles. The number of hydrogen-bond donors (Lipinski definition) is 0. The number of anilines is 1. The first-order chi connectivity index (χ1) is 10.5. The number of hydrogen-bond acceptors (Lipinski definition) is 7. The molecule has 7 nitrogen and oxygen atoms in total. The van der Waals surface area contributed by atoms with E-state index in [0.29, 0.717) is 11.7 Å². The molecule has 22 heavy (non-hydrogen) atoms. The highest BCUT2D eigenvalue weighted by atomic mass is 16.5. The van der Waals surface area contributed by atoms with Crippen molar-refractivity contribution < 1.29 is 9.26 Å². The Morgan fingerprint density at radius 1 is 1.27 bits per heavy atom. The summed E-state index contributed by atoms with van der Waals surface area (Å²) < 4.78 is 11.3. The molecule has 1 aliphatic rings. The zero-order chi connectivity index (χ0) is 15.7. The van der Waals surface area contributed by atoms with Crippen molar-refractivity contribution in [2.75, 3.05) is 39.1 Å². The number of nitrogens with zero attached hydrogens (tertiary/aromatic N) is 5. The summed E-state index contributed by atoms with van der Waals surface area (Å²) in [6.45, 7) is 3.71. The fraction of sp³-hybridized carbons (Fsp3) is 0.533. The monoisotopic (exact) mass is 303 g/mol. The number of likely N-dealkylation sites (N-methyl/N-ethyl adjacent to an activating group) is 1. The first-order valence-corrected chi connectivity index (χ1v) is 7.34. The van der Waals surface area contributed by atoms with Crippen LogP contribution in [0.1, 0.15) is 18.9 Å². The van der Waals surface area contributed by atoms with Gasteiger partial charge in [-0.25, -0.2) is 4.98 Å². The van der Waals surface area contributed by atoms with Crippen molar-refractivity contribution >= 4 is 5.82 Å². The molecule has 118 valence electrons. The maximum absolute atomic E-state index is 5.88. The molecule has 3 rings (SSSR count). The van der Waals surface area contributed by atoms with Crippen LogP contribution in [0.5, 0.6) is 0 Å². The molecule has 0 N–H and O–H groups in total. The minimum atomic E-state index is -0.177. The predicted molar refractivity (Wildman–Crippen MR) is 82.6 cm³/mol. The Balaban J connectivity index is 1.78. The molecule has 2 aromatic rings. The molecule has 1 fully saturated rings. The minimum absolute atomic E-state index is 0.153. The van der Waals surface area contributed by atoms with Gasteiger partial charge in [-0.15, -0.1) is 0 Å². The zero-order valence-corrected chi connectivity index (χ0v) is 13.4. The Bertz CT molecular complexity index is 615. The highest BCUT2D eigenvalue weighted by Gasteiger charge is 2.28. The van der Waals surface area contributed by atoms with Gasteiger partial charge in [0.1, 0.15) is 11.9 Å². The van der Waals surface area contributed by atoms with Crippen LogP contribution in [0.2, 0.25) is 0 Å². The van der Waals surface area contributed by atoms with Crippen molar-refractivity contribution in [2.24, 2.45) is 0 Å². The Labute approximate surface area is 129 Å². The van der Waals surface area contributed by atoms with Gasteiger partial charge in [-0.1, -0.05) is 5.16 Å². The predicted octanol–water partition coefficient (Wildman–Crippen LogP) is 1.59. The number of ether oxygens (including phenoxy) is 1. The van der Waals surface area contributed by atoms with Gasteiger partial charge in [0.15, 0.2) is 0 Å². The minimum Gasteiger partial charge on any atom is -0.363 e. The molecular weight excluding hydrogens is 282 g/mol. The maximum Gasteiger partial charge on any atom is 0.257 e. The van der Waals surface area contributed by atoms with Crippen molar-refractivity contribution in [2.45, 2.75) is 19.1 Å². The lowest BCUT2D eigenvalue weighted by Gasteiger charge is -2.32. The van der Waals surface area contributed by atoms with Crippen LogP contribution in [0.25, 0.3) is 11.4 Å². The van der Waals surface area contributed by atoms with Crippen LogP contribution in [0.3, 0.4) is 0 Å². The van der Waals surface area contributed by atoms with Crippen molar-refractivity contribution in [1.29, 1.82) is 0 Å². The van der Waals surface area contributed by atoms with Gasteiger partial charge in [0.05, 0.1) is 6.10 Å². The Morgan fingerprint density at radius 3 is 2.73 bits per heavy atom. The first-order valence-electron chi connectivity index (χ1n) is 7.34. The molecule has 1 aliphatic heterocycles. The molecule has 0 aromatic carbocycles. The SMILES string of the molecule is C[C@@H]1CN(C)C[C@H](c2nc(-c3ccc(N(C)C)nc3)no2)O1. The Hall–Kier alpha value is -1.99. The highest BCUT2D eigenvalue weighted by Crippen LogP contribution is 2.25. The summed E-state index contributed by atoms with van der Waals surface area (Å²) >= 11 is 0. The van der Waals surface area contributed by atoms with E-state index >= 15 is 0 Å². The smallest absolute Gasteiger partial charge is 0.257 e. The lowest BCUT2D eigenvalue weighted by Crippen LogP contribution is -2.40. The molecule has 0 bridgehead atoms. The van der Waals surface area contributed by atoms with Gasteiger partial charge in [0, 0.05) is 38.9 Å². The molecule has 0 spiro atoms. The van der Waals surface area contributed by atoms with E-state index in [0.717, 1.165) is 24.5 Å². The topological polar surface area (TPSA) is 67.5 Å². The van der Waals surface area contributed by atoms with Crippen molar-refractivity contribution in [3.63, 3.8) is 0 Å². The van der Waals surface area contributed by atoms with Crippen molar-refractivity contribution in [3.05, 3.63) is 24.2 Å². The van der Waals surface area contributed by atoms with Crippen LogP contribution < -0.4 is 4.90 Å². The van der Waals surface area contributed by atoms with E-state index in [9.17, 15) is 0 Å². The molecule has 0 radical (unpaired) electrons. The highest BCUT2D eigenvalue weighted by molar-refractivity contribution is 5.55. The average molecular weight is 303 g/mol. The van der Waals surface area contributed by atoms with Crippen molar-refractivity contribution in [3.8, 4) is 11.4 Å². The number of morpholine rings is 1. The van der Waals surface area contributed by atoms with Gasteiger partial charge in [-0.3, -0.25) is 0 Å². The molecule has 2 aromatic heterocycles. The summed E-state index contributed by atoms with van der Waals surface area (Å²) in [5.74, 6) is 1.95. The number of rotatable bonds is 3. The van der Waals surface area contributed by atoms with E-state index in [-0.39, 0.29) is 12.2 Å². The van der Waals surface area contributed by atoms with Crippen LogP contribution in [0, 0.1) is 0 Å². The molecule has 0 aliphatic carbocycles. The van der Waals surface area contributed by atoms with Crippen LogP contribution in [-0.2, 0) is 4.74 Å². The van der Waals surface area contributed by atoms with Gasteiger partial charge >= 0.3 is 0 Å². The van der Waals surface area contributed by atoms with E-state index in [1.54, 1.807) is 6.20 Å². The third-order valence-electron chi connectivity index (χ3n) is 3.62. The number of aromatic nitrogens is 3. The van der Waals surface area contributed by atoms with E-state index in [2.05, 4.69) is 27.1 Å². The second-order valence-electron chi connectivity index (χ2n) is 5.91. The first kappa shape index (κ1) is 14.9. The molecule has 1 saturated heterocycles. The largest absolute Gasteiger partial charge is 0.363 e. The Morgan fingerprint density at radius 2 is 2.09 bits per heavy atom. The second-order valence-corrected chi connectivity index (χ2v) is 5.91. The van der Waals surface area contributed by atoms with Gasteiger partial charge in [0.25, 0.3) is 5.89 Å². The van der Waals surface area contributed by atoms with Gasteiger partial charge in [-0.2, -0.15) is 4.98 Å². The maximum atomic E-state index is 5.88. The van der Waals surface area contributed by atoms with E-state index in [1.807, 2.05) is 38.1 Å². The summed E-state index contributed by atoms with van der Waals surface area (Å²) in [6, 6.07) is 3.87. The van der Waals surface area contributed by atoms with Crippen molar-refractivity contribution in [1.82, 2.24) is 20.0 Å². The fourth-order valence-electron chi connectivity index (χ4n) is 2.57. The lowest BCUT2D eigenvalue weighted by atomic mass is 10.2. The Kier molecular flexibility index (Phi) is 4.08. The van der Waals surface area contributed by atoms with E-state index < -0.39 is 0 Å². The molecule has 2 atom stereocenters. The summed E-state index contributed by atoms with van der Waals surface area (Å²) in [6.07, 6.45) is 1.73. The summed E-state index contributed by atoms with van der Waals surface area (Å²) in [5.41, 5.74) is 0.831. The molecule has 7 heteroatoms. The van der Waals surface area contributed by atoms with E-state index in [4.69, 9.17) is 9.26 Å². The van der Waals surface area contributed by atoms with E-state index in [1.165, 1.54) is 0 Å². The summed E-state index contributed by atoms with van der Waals surface area (Å²) in [7, 11) is 5.96. The normalized spacial score (nSPS) is 22.7. The summed E-state index contributed by atoms with van der Waals surface area (Å²) in [5, 5.41) is 4.05. The molecule has 3 heterocycles. The average Bonchev–Trinajstić information content (AvgIpc) is 2.96. The number of pyridine rings is 1. The van der Waals surface area contributed by atoms with Crippen LogP contribution in [-0.4, -0.2) is 60.4 Å². The van der Waals surface area contributed by atoms with Gasteiger partial charge in [-0.05, 0) is 26.1 Å². The van der Waals surface area contributed by atoms with Crippen LogP contribution in [0.4, 0.5) is 5.82 Å². The standard InChI is InChI=1S/C15H21N5O2/c1-10-8-20(4)9-12(21-10)15-17-14(18-22-15)11-5-6-13(16-7-11)19(2)3/h5-7,10,12H,8-9H2,1-4H3/t10-,12-/m1/s1. The second kappa shape index (κ2) is 6.02. The van der Waals surface area contributed by atoms with Crippen LogP contribution >= 0.6 is 0 Å².